The monoisotopic (exact) mass is 583 g/mol. The molecule has 1 aliphatic carbocycles. The quantitative estimate of drug-likeness (QED) is 0.231. The molecule has 3 N–H and O–H groups in total. The van der Waals surface area contributed by atoms with E-state index in [1.807, 2.05) is 23.2 Å². The van der Waals surface area contributed by atoms with Gasteiger partial charge in [-0.1, -0.05) is 63.9 Å². The summed E-state index contributed by atoms with van der Waals surface area (Å²) in [6.07, 6.45) is 10.1. The number of amides is 1. The molecular weight excluding hydrogens is 538 g/mol. The fourth-order valence-electron chi connectivity index (χ4n) is 5.99. The molecule has 1 fully saturated rings. The third-order valence-corrected chi connectivity index (χ3v) is 13.8. The Bertz CT molecular complexity index is 1510. The molecule has 2 aliphatic rings. The van der Waals surface area contributed by atoms with Crippen molar-refractivity contribution >= 4 is 42.5 Å². The van der Waals surface area contributed by atoms with Crippen molar-refractivity contribution < 1.29 is 9.22 Å². The highest BCUT2D eigenvalue weighted by Gasteiger charge is 2.44. The van der Waals surface area contributed by atoms with Gasteiger partial charge in [0.25, 0.3) is 5.91 Å². The Kier molecular flexibility index (Phi) is 8.58. The minimum absolute atomic E-state index is 0.0710. The highest BCUT2D eigenvalue weighted by Crippen LogP contribution is 2.41. The van der Waals surface area contributed by atoms with Gasteiger partial charge in [-0.2, -0.15) is 0 Å². The summed E-state index contributed by atoms with van der Waals surface area (Å²) in [5.74, 6) is 0.0940. The average molecular weight is 584 g/mol. The van der Waals surface area contributed by atoms with Crippen LogP contribution in [-0.2, 0) is 10.8 Å². The fourth-order valence-corrected chi connectivity index (χ4v) is 7.38. The molecule has 7 nitrogen and oxygen atoms in total. The van der Waals surface area contributed by atoms with Crippen LogP contribution >= 0.6 is 0 Å². The lowest BCUT2D eigenvalue weighted by molar-refractivity contribution is 0.0243. The molecule has 1 amide bonds. The van der Waals surface area contributed by atoms with Gasteiger partial charge in [0.15, 0.2) is 8.32 Å². The summed E-state index contributed by atoms with van der Waals surface area (Å²) in [4.78, 5) is 25.0. The van der Waals surface area contributed by atoms with E-state index >= 15 is 0 Å². The number of aromatic nitrogens is 1. The molecular formula is C34H45N5O2Si. The van der Waals surface area contributed by atoms with Gasteiger partial charge < -0.3 is 20.4 Å². The lowest BCUT2D eigenvalue weighted by atomic mass is 9.89. The first-order valence-electron chi connectivity index (χ1n) is 15.1. The number of carbonyl (C=O) groups excluding carboxylic acids is 1. The maximum absolute atomic E-state index is 14.3. The van der Waals surface area contributed by atoms with Crippen molar-refractivity contribution in [1.29, 1.82) is 0 Å². The van der Waals surface area contributed by atoms with Gasteiger partial charge in [-0.25, -0.2) is 0 Å². The molecule has 8 heteroatoms. The summed E-state index contributed by atoms with van der Waals surface area (Å²) in [5, 5.41) is 5.99. The van der Waals surface area contributed by atoms with E-state index < -0.39 is 8.32 Å². The molecule has 0 bridgehead atoms. The molecule has 0 saturated heterocycles. The van der Waals surface area contributed by atoms with Gasteiger partial charge in [-0.15, -0.1) is 0 Å². The minimum Gasteiger partial charge on any atom is -0.412 e. The topological polar surface area (TPSA) is 92.8 Å². The number of pyridine rings is 1. The van der Waals surface area contributed by atoms with Gasteiger partial charge in [0.05, 0.1) is 35.8 Å². The SMILES string of the molecule is CN=CC(=CN)c1ccc(Cc2cc3c(c4ccccc24)NCN([C@H]2CCCC[C@@H]2O[Si](C)(C)C(C)(C)C)C3=O)cn1. The summed E-state index contributed by atoms with van der Waals surface area (Å²) >= 11 is 0. The first kappa shape index (κ1) is 30.0. The van der Waals surface area contributed by atoms with Crippen LogP contribution in [0.5, 0.6) is 0 Å². The van der Waals surface area contributed by atoms with Gasteiger partial charge in [0, 0.05) is 36.6 Å². The Morgan fingerprint density at radius 1 is 1.17 bits per heavy atom. The number of benzene rings is 2. The number of nitrogens with one attached hydrogen (secondary N) is 1. The number of nitrogens with two attached hydrogens (primary N) is 1. The van der Waals surface area contributed by atoms with E-state index in [9.17, 15) is 4.79 Å². The molecule has 0 spiro atoms. The normalized spacial score (nSPS) is 20.2. The highest BCUT2D eigenvalue weighted by atomic mass is 28.4. The molecule has 1 aromatic heterocycles. The third-order valence-electron chi connectivity index (χ3n) is 9.33. The predicted molar refractivity (Wildman–Crippen MR) is 177 cm³/mol. The van der Waals surface area contributed by atoms with Crippen LogP contribution < -0.4 is 11.1 Å². The molecule has 5 rings (SSSR count). The lowest BCUT2D eigenvalue weighted by Gasteiger charge is -2.47. The number of nitrogens with zero attached hydrogens (tertiary/aromatic N) is 3. The number of fused-ring (bicyclic) bond motifs is 3. The number of hydrogen-bond donors (Lipinski definition) is 2. The second kappa shape index (κ2) is 12.0. The van der Waals surface area contributed by atoms with Crippen molar-refractivity contribution in [3.63, 3.8) is 0 Å². The summed E-state index contributed by atoms with van der Waals surface area (Å²) in [7, 11) is -0.266. The molecule has 3 aromatic rings. The predicted octanol–water partition coefficient (Wildman–Crippen LogP) is 6.98. The number of allylic oxidation sites excluding steroid dienone is 1. The first-order valence-corrected chi connectivity index (χ1v) is 18.0. The van der Waals surface area contributed by atoms with E-state index in [2.05, 4.69) is 79.5 Å². The lowest BCUT2D eigenvalue weighted by Crippen LogP contribution is -2.56. The zero-order valence-corrected chi connectivity index (χ0v) is 26.9. The average Bonchev–Trinajstić information content (AvgIpc) is 2.97. The molecule has 1 aliphatic heterocycles. The van der Waals surface area contributed by atoms with E-state index in [-0.39, 0.29) is 23.1 Å². The first-order chi connectivity index (χ1) is 20.0. The largest absolute Gasteiger partial charge is 0.412 e. The fraction of sp³-hybridized carbons (Fsp3) is 0.441. The molecule has 2 heterocycles. The highest BCUT2D eigenvalue weighted by molar-refractivity contribution is 6.74. The van der Waals surface area contributed by atoms with Crippen molar-refractivity contribution in [2.45, 2.75) is 83.2 Å². The maximum Gasteiger partial charge on any atom is 0.257 e. The standard InChI is InChI=1S/C34H45N5O2Si/c1-34(2,3)42(5,6)41-31-14-10-9-13-30(31)39-22-38-32-27-12-8-7-11-26(27)24(18-28(32)33(39)40)17-23-15-16-29(37-20-23)25(19-35)21-36-4/h7-8,11-12,15-16,18-21,30-31,38H,9-10,13-14,17,22,35H2,1-6H3/t30-,31-/m0/s1. The molecule has 2 aromatic carbocycles. The van der Waals surface area contributed by atoms with Crippen molar-refractivity contribution in [3.05, 3.63) is 77.2 Å². The van der Waals surface area contributed by atoms with Crippen molar-refractivity contribution in [2.24, 2.45) is 10.7 Å². The zero-order valence-electron chi connectivity index (χ0n) is 25.9. The summed E-state index contributed by atoms with van der Waals surface area (Å²) in [6.45, 7) is 12.0. The van der Waals surface area contributed by atoms with Gasteiger partial charge in [-0.3, -0.25) is 14.8 Å². The van der Waals surface area contributed by atoms with Gasteiger partial charge in [0.1, 0.15) is 0 Å². The minimum atomic E-state index is -1.98. The Labute approximate surface area is 251 Å². The van der Waals surface area contributed by atoms with Gasteiger partial charge in [-0.05, 0) is 66.0 Å². The van der Waals surface area contributed by atoms with E-state index in [1.54, 1.807) is 13.3 Å². The number of hydrogen-bond acceptors (Lipinski definition) is 6. The van der Waals surface area contributed by atoms with E-state index in [4.69, 9.17) is 10.2 Å². The van der Waals surface area contributed by atoms with Crippen LogP contribution in [0.1, 0.15) is 73.6 Å². The van der Waals surface area contributed by atoms with Crippen LogP contribution in [0.3, 0.4) is 0 Å². The second-order valence-electron chi connectivity index (χ2n) is 13.1. The Hall–Kier alpha value is -3.49. The van der Waals surface area contributed by atoms with Gasteiger partial charge in [0.2, 0.25) is 0 Å². The number of anilines is 1. The summed E-state index contributed by atoms with van der Waals surface area (Å²) in [6, 6.07) is 14.6. The van der Waals surface area contributed by atoms with E-state index in [0.29, 0.717) is 13.1 Å². The molecule has 0 radical (unpaired) electrons. The van der Waals surface area contributed by atoms with Crippen molar-refractivity contribution in [2.75, 3.05) is 19.0 Å². The number of aliphatic imine (C=N–C) groups is 1. The van der Waals surface area contributed by atoms with E-state index in [0.717, 1.165) is 70.1 Å². The van der Waals surface area contributed by atoms with Crippen LogP contribution in [0.15, 0.2) is 59.9 Å². The second-order valence-corrected chi connectivity index (χ2v) is 17.9. The smallest absolute Gasteiger partial charge is 0.257 e. The zero-order chi connectivity index (χ0) is 30.1. The Balaban J connectivity index is 1.47. The van der Waals surface area contributed by atoms with Crippen LogP contribution in [0, 0.1) is 0 Å². The van der Waals surface area contributed by atoms with Crippen LogP contribution in [0.25, 0.3) is 16.3 Å². The van der Waals surface area contributed by atoms with Crippen molar-refractivity contribution in [1.82, 2.24) is 9.88 Å². The molecule has 42 heavy (non-hydrogen) atoms. The van der Waals surface area contributed by atoms with Gasteiger partial charge >= 0.3 is 0 Å². The Morgan fingerprint density at radius 3 is 2.57 bits per heavy atom. The van der Waals surface area contributed by atoms with Crippen molar-refractivity contribution in [3.8, 4) is 0 Å². The van der Waals surface area contributed by atoms with Crippen LogP contribution in [0.2, 0.25) is 18.1 Å². The number of rotatable bonds is 7. The van der Waals surface area contributed by atoms with Crippen LogP contribution in [-0.4, -0.2) is 56.2 Å². The summed E-state index contributed by atoms with van der Waals surface area (Å²) in [5.41, 5.74) is 11.2. The molecule has 0 unspecified atom stereocenters. The van der Waals surface area contributed by atoms with E-state index in [1.165, 1.54) is 6.20 Å². The molecule has 222 valence electrons. The third kappa shape index (κ3) is 5.88. The maximum atomic E-state index is 14.3. The Morgan fingerprint density at radius 2 is 1.90 bits per heavy atom. The number of carbonyl (C=O) groups is 1. The van der Waals surface area contributed by atoms with Crippen LogP contribution in [0.4, 0.5) is 5.69 Å². The summed E-state index contributed by atoms with van der Waals surface area (Å²) < 4.78 is 6.96. The molecule has 1 saturated carbocycles. The molecule has 2 atom stereocenters.